The van der Waals surface area contributed by atoms with Gasteiger partial charge in [-0.05, 0) is 30.3 Å². The van der Waals surface area contributed by atoms with Crippen LogP contribution in [0, 0.1) is 0 Å². The Morgan fingerprint density at radius 1 is 1.24 bits per heavy atom. The molecule has 9 heteroatoms. The van der Waals surface area contributed by atoms with Crippen LogP contribution in [-0.2, 0) is 4.74 Å². The number of amides is 2. The van der Waals surface area contributed by atoms with Crippen molar-refractivity contribution in [3.63, 3.8) is 0 Å². The van der Waals surface area contributed by atoms with Crippen molar-refractivity contribution >= 4 is 17.5 Å². The molecule has 1 aromatic carbocycles. The quantitative estimate of drug-likeness (QED) is 0.648. The van der Waals surface area contributed by atoms with E-state index in [0.29, 0.717) is 36.0 Å². The molecule has 1 aromatic heterocycles. The second-order valence-electron chi connectivity index (χ2n) is 6.46. The minimum atomic E-state index is -0.951. The highest BCUT2D eigenvalue weighted by Crippen LogP contribution is 2.29. The maximum atomic E-state index is 12.2. The van der Waals surface area contributed by atoms with Crippen molar-refractivity contribution in [1.29, 1.82) is 0 Å². The number of aliphatic hydroxyl groups excluding tert-OH is 1. The van der Waals surface area contributed by atoms with Gasteiger partial charge in [0.2, 0.25) is 0 Å². The molecule has 2 aromatic rings. The number of aliphatic hydroxyl groups is 1. The molecule has 156 valence electrons. The zero-order chi connectivity index (χ0) is 20.6. The normalized spacial score (nSPS) is 14.8. The number of aromatic nitrogens is 1. The molecule has 1 saturated heterocycles. The van der Waals surface area contributed by atoms with Crippen molar-refractivity contribution in [3.8, 4) is 11.5 Å². The number of rotatable bonds is 7. The smallest absolute Gasteiger partial charge is 0.319 e. The Labute approximate surface area is 169 Å². The third-order valence-corrected chi connectivity index (χ3v) is 4.59. The number of ether oxygens (including phenoxy) is 3. The highest BCUT2D eigenvalue weighted by Gasteiger charge is 2.16. The van der Waals surface area contributed by atoms with Crippen LogP contribution >= 0.6 is 0 Å². The predicted molar refractivity (Wildman–Crippen MR) is 109 cm³/mol. The number of hydrogen-bond acceptors (Lipinski definition) is 7. The van der Waals surface area contributed by atoms with Gasteiger partial charge >= 0.3 is 6.03 Å². The molecule has 2 heterocycles. The van der Waals surface area contributed by atoms with Crippen LogP contribution in [0.5, 0.6) is 11.5 Å². The van der Waals surface area contributed by atoms with Crippen LogP contribution < -0.4 is 25.0 Å². The summed E-state index contributed by atoms with van der Waals surface area (Å²) in [5.74, 6) is 1.96. The molecule has 1 atom stereocenters. The lowest BCUT2D eigenvalue weighted by Crippen LogP contribution is -2.36. The average Bonchev–Trinajstić information content (AvgIpc) is 2.78. The van der Waals surface area contributed by atoms with E-state index in [0.717, 1.165) is 18.9 Å². The van der Waals surface area contributed by atoms with Crippen LogP contribution in [-0.4, -0.2) is 63.2 Å². The maximum absolute atomic E-state index is 12.2. The second kappa shape index (κ2) is 9.94. The summed E-state index contributed by atoms with van der Waals surface area (Å²) in [6.45, 7) is 2.97. The van der Waals surface area contributed by atoms with Gasteiger partial charge in [0, 0.05) is 25.2 Å². The van der Waals surface area contributed by atoms with Crippen molar-refractivity contribution in [2.45, 2.75) is 6.10 Å². The summed E-state index contributed by atoms with van der Waals surface area (Å²) in [7, 11) is 3.06. The van der Waals surface area contributed by atoms with Gasteiger partial charge in [-0.2, -0.15) is 0 Å². The van der Waals surface area contributed by atoms with Crippen LogP contribution in [0.15, 0.2) is 36.5 Å². The molecule has 1 unspecified atom stereocenters. The molecule has 0 spiro atoms. The van der Waals surface area contributed by atoms with Crippen molar-refractivity contribution in [3.05, 3.63) is 42.1 Å². The number of benzene rings is 1. The van der Waals surface area contributed by atoms with E-state index in [-0.39, 0.29) is 6.54 Å². The molecule has 1 aliphatic rings. The number of nitrogens with one attached hydrogen (secondary N) is 2. The monoisotopic (exact) mass is 402 g/mol. The molecule has 0 bridgehead atoms. The van der Waals surface area contributed by atoms with Crippen LogP contribution in [0.4, 0.5) is 16.3 Å². The maximum Gasteiger partial charge on any atom is 0.319 e. The van der Waals surface area contributed by atoms with Gasteiger partial charge in [-0.3, -0.25) is 0 Å². The number of carbonyl (C=O) groups is 1. The molecule has 3 N–H and O–H groups in total. The van der Waals surface area contributed by atoms with Crippen LogP contribution in [0.3, 0.4) is 0 Å². The average molecular weight is 402 g/mol. The van der Waals surface area contributed by atoms with E-state index in [1.807, 2.05) is 6.07 Å². The lowest BCUT2D eigenvalue weighted by Gasteiger charge is -2.27. The Morgan fingerprint density at radius 2 is 2.03 bits per heavy atom. The highest BCUT2D eigenvalue weighted by molar-refractivity contribution is 5.89. The standard InChI is InChI=1S/C20H26N4O5/c1-27-15-4-5-18(28-2)16(11-15)17(25)13-22-20(26)23-14-3-6-19(21-12-14)24-7-9-29-10-8-24/h3-6,11-12,17,25H,7-10,13H2,1-2H3,(H2,22,23,26). The van der Waals surface area contributed by atoms with Crippen LogP contribution in [0.1, 0.15) is 11.7 Å². The molecule has 3 rings (SSSR count). The van der Waals surface area contributed by atoms with Gasteiger partial charge in [0.05, 0.1) is 39.3 Å². The highest BCUT2D eigenvalue weighted by atomic mass is 16.5. The largest absolute Gasteiger partial charge is 0.497 e. The Balaban J connectivity index is 1.53. The summed E-state index contributed by atoms with van der Waals surface area (Å²) < 4.78 is 15.8. The Bertz CT molecular complexity index is 809. The fourth-order valence-corrected chi connectivity index (χ4v) is 3.01. The summed E-state index contributed by atoms with van der Waals surface area (Å²) in [6, 6.07) is 8.33. The van der Waals surface area contributed by atoms with Crippen molar-refractivity contribution < 1.29 is 24.1 Å². The zero-order valence-electron chi connectivity index (χ0n) is 16.6. The third kappa shape index (κ3) is 5.49. The van der Waals surface area contributed by atoms with E-state index in [1.54, 1.807) is 37.6 Å². The molecule has 9 nitrogen and oxygen atoms in total. The van der Waals surface area contributed by atoms with Crippen molar-refractivity contribution in [1.82, 2.24) is 10.3 Å². The number of morpholine rings is 1. The fourth-order valence-electron chi connectivity index (χ4n) is 3.01. The first-order valence-electron chi connectivity index (χ1n) is 9.34. The summed E-state index contributed by atoms with van der Waals surface area (Å²) in [6.07, 6.45) is 0.652. The van der Waals surface area contributed by atoms with E-state index in [2.05, 4.69) is 20.5 Å². The van der Waals surface area contributed by atoms with Gasteiger partial charge in [-0.1, -0.05) is 0 Å². The number of anilines is 2. The van der Waals surface area contributed by atoms with E-state index >= 15 is 0 Å². The van der Waals surface area contributed by atoms with Gasteiger partial charge in [0.25, 0.3) is 0 Å². The van der Waals surface area contributed by atoms with Gasteiger partial charge in [-0.15, -0.1) is 0 Å². The first-order chi connectivity index (χ1) is 14.1. The van der Waals surface area contributed by atoms with Crippen molar-refractivity contribution in [2.75, 3.05) is 57.3 Å². The number of hydrogen-bond donors (Lipinski definition) is 3. The zero-order valence-corrected chi connectivity index (χ0v) is 16.6. The lowest BCUT2D eigenvalue weighted by atomic mass is 10.1. The molecule has 29 heavy (non-hydrogen) atoms. The number of carbonyl (C=O) groups excluding carboxylic acids is 1. The van der Waals surface area contributed by atoms with Gasteiger partial charge in [0.1, 0.15) is 23.4 Å². The lowest BCUT2D eigenvalue weighted by molar-refractivity contribution is 0.122. The number of methoxy groups -OCH3 is 2. The third-order valence-electron chi connectivity index (χ3n) is 4.59. The molecule has 1 aliphatic heterocycles. The summed E-state index contributed by atoms with van der Waals surface area (Å²) in [5, 5.41) is 15.8. The van der Waals surface area contributed by atoms with Gasteiger partial charge in [-0.25, -0.2) is 9.78 Å². The molecular weight excluding hydrogens is 376 g/mol. The second-order valence-corrected chi connectivity index (χ2v) is 6.46. The Morgan fingerprint density at radius 3 is 2.69 bits per heavy atom. The molecule has 0 aliphatic carbocycles. The Hall–Kier alpha value is -3.04. The first-order valence-corrected chi connectivity index (χ1v) is 9.34. The molecule has 1 fully saturated rings. The van der Waals surface area contributed by atoms with E-state index in [9.17, 15) is 9.90 Å². The Kier molecular flexibility index (Phi) is 7.09. The number of urea groups is 1. The number of pyridine rings is 1. The van der Waals surface area contributed by atoms with Crippen LogP contribution in [0.25, 0.3) is 0 Å². The molecule has 0 radical (unpaired) electrons. The summed E-state index contributed by atoms with van der Waals surface area (Å²) in [4.78, 5) is 18.7. The summed E-state index contributed by atoms with van der Waals surface area (Å²) >= 11 is 0. The molecule has 0 saturated carbocycles. The minimum Gasteiger partial charge on any atom is -0.497 e. The minimum absolute atomic E-state index is 0.00858. The van der Waals surface area contributed by atoms with E-state index in [1.165, 1.54) is 7.11 Å². The topological polar surface area (TPSA) is 105 Å². The SMILES string of the molecule is COc1ccc(OC)c(C(O)CNC(=O)Nc2ccc(N3CCOCC3)nc2)c1. The van der Waals surface area contributed by atoms with Crippen LogP contribution in [0.2, 0.25) is 0 Å². The van der Waals surface area contributed by atoms with Crippen molar-refractivity contribution in [2.24, 2.45) is 0 Å². The molecular formula is C20H26N4O5. The van der Waals surface area contributed by atoms with Gasteiger partial charge < -0.3 is 34.9 Å². The van der Waals surface area contributed by atoms with Gasteiger partial charge in [0.15, 0.2) is 0 Å². The first kappa shape index (κ1) is 20.7. The van der Waals surface area contributed by atoms with E-state index in [4.69, 9.17) is 14.2 Å². The van der Waals surface area contributed by atoms with E-state index < -0.39 is 12.1 Å². The number of nitrogens with zero attached hydrogens (tertiary/aromatic N) is 2. The summed E-state index contributed by atoms with van der Waals surface area (Å²) in [5.41, 5.74) is 1.09. The predicted octanol–water partition coefficient (Wildman–Crippen LogP) is 1.79. The molecule has 2 amide bonds. The fraction of sp³-hybridized carbons (Fsp3) is 0.400.